The van der Waals surface area contributed by atoms with Crippen LogP contribution in [0.1, 0.15) is 20.8 Å². The molecule has 0 bridgehead atoms. The van der Waals surface area contributed by atoms with Gasteiger partial charge in [0.25, 0.3) is 0 Å². The molecule has 0 atom stereocenters. The topological polar surface area (TPSA) is 101 Å². The minimum absolute atomic E-state index is 0.205. The SMILES string of the molecule is CCNC(=O)Nc1cc(-c2noc(=O)n2-c2ccc(F)c(Br)c2)ccc1NCC(C)C. The first-order chi connectivity index (χ1) is 14.8. The second kappa shape index (κ2) is 9.78. The van der Waals surface area contributed by atoms with Crippen LogP contribution >= 0.6 is 15.9 Å². The van der Waals surface area contributed by atoms with E-state index >= 15 is 0 Å². The average molecular weight is 492 g/mol. The highest BCUT2D eigenvalue weighted by molar-refractivity contribution is 9.10. The molecule has 0 fully saturated rings. The van der Waals surface area contributed by atoms with Crippen LogP contribution in [0.25, 0.3) is 17.1 Å². The number of nitrogens with zero attached hydrogens (tertiary/aromatic N) is 2. The lowest BCUT2D eigenvalue weighted by Gasteiger charge is -2.16. The molecule has 3 aromatic rings. The predicted molar refractivity (Wildman–Crippen MR) is 121 cm³/mol. The van der Waals surface area contributed by atoms with Gasteiger partial charge in [-0.15, -0.1) is 0 Å². The van der Waals surface area contributed by atoms with E-state index in [0.29, 0.717) is 35.9 Å². The first kappa shape index (κ1) is 22.5. The van der Waals surface area contributed by atoms with Gasteiger partial charge in [-0.25, -0.2) is 18.5 Å². The summed E-state index contributed by atoms with van der Waals surface area (Å²) in [7, 11) is 0. The molecule has 0 saturated carbocycles. The van der Waals surface area contributed by atoms with Crippen LogP contribution in [-0.4, -0.2) is 28.8 Å². The third kappa shape index (κ3) is 5.32. The van der Waals surface area contributed by atoms with Crippen LogP contribution < -0.4 is 21.7 Å². The Bertz CT molecular complexity index is 1140. The lowest BCUT2D eigenvalue weighted by Crippen LogP contribution is -2.28. The molecule has 0 radical (unpaired) electrons. The number of amides is 2. The zero-order chi connectivity index (χ0) is 22.5. The number of hydrogen-bond acceptors (Lipinski definition) is 5. The van der Waals surface area contributed by atoms with Crippen LogP contribution in [0.4, 0.5) is 20.6 Å². The molecule has 1 aromatic heterocycles. The van der Waals surface area contributed by atoms with Crippen LogP contribution in [-0.2, 0) is 0 Å². The van der Waals surface area contributed by atoms with E-state index in [1.54, 1.807) is 18.2 Å². The number of anilines is 2. The summed E-state index contributed by atoms with van der Waals surface area (Å²) in [6, 6.07) is 9.06. The zero-order valence-corrected chi connectivity index (χ0v) is 18.9. The van der Waals surface area contributed by atoms with Crippen molar-refractivity contribution in [2.24, 2.45) is 5.92 Å². The molecule has 3 N–H and O–H groups in total. The minimum Gasteiger partial charge on any atom is -0.383 e. The Balaban J connectivity index is 2.06. The van der Waals surface area contributed by atoms with Crippen LogP contribution in [0.2, 0.25) is 0 Å². The van der Waals surface area contributed by atoms with E-state index < -0.39 is 11.6 Å². The molecule has 0 aliphatic rings. The van der Waals surface area contributed by atoms with Gasteiger partial charge in [-0.3, -0.25) is 4.52 Å². The second-order valence-electron chi connectivity index (χ2n) is 7.23. The van der Waals surface area contributed by atoms with E-state index in [-0.39, 0.29) is 16.3 Å². The monoisotopic (exact) mass is 491 g/mol. The third-order valence-corrected chi connectivity index (χ3v) is 4.94. The van der Waals surface area contributed by atoms with Gasteiger partial charge in [-0.05, 0) is 65.2 Å². The summed E-state index contributed by atoms with van der Waals surface area (Å²) >= 11 is 3.12. The van der Waals surface area contributed by atoms with Crippen molar-refractivity contribution >= 4 is 33.3 Å². The Labute approximate surface area is 187 Å². The predicted octanol–water partition coefficient (Wildman–Crippen LogP) is 4.60. The van der Waals surface area contributed by atoms with Crippen molar-refractivity contribution in [1.29, 1.82) is 0 Å². The maximum absolute atomic E-state index is 13.6. The summed E-state index contributed by atoms with van der Waals surface area (Å²) in [5.74, 6) is -0.551. The fourth-order valence-electron chi connectivity index (χ4n) is 2.87. The average Bonchev–Trinajstić information content (AvgIpc) is 3.10. The molecule has 0 aliphatic carbocycles. The van der Waals surface area contributed by atoms with E-state index in [9.17, 15) is 14.0 Å². The van der Waals surface area contributed by atoms with Gasteiger partial charge in [0, 0.05) is 18.7 Å². The van der Waals surface area contributed by atoms with Gasteiger partial charge in [-0.2, -0.15) is 0 Å². The summed E-state index contributed by atoms with van der Waals surface area (Å²) in [6.07, 6.45) is 0. The quantitative estimate of drug-likeness (QED) is 0.448. The van der Waals surface area contributed by atoms with E-state index in [0.717, 1.165) is 5.69 Å². The number of rotatable bonds is 7. The van der Waals surface area contributed by atoms with Crippen molar-refractivity contribution in [2.75, 3.05) is 23.7 Å². The molecule has 0 saturated heterocycles. The zero-order valence-electron chi connectivity index (χ0n) is 17.3. The van der Waals surface area contributed by atoms with Crippen molar-refractivity contribution in [3.63, 3.8) is 0 Å². The van der Waals surface area contributed by atoms with Crippen molar-refractivity contribution in [3.8, 4) is 17.1 Å². The Morgan fingerprint density at radius 3 is 2.68 bits per heavy atom. The van der Waals surface area contributed by atoms with Crippen molar-refractivity contribution in [3.05, 3.63) is 57.2 Å². The molecular weight excluding hydrogens is 469 g/mol. The first-order valence-electron chi connectivity index (χ1n) is 9.77. The third-order valence-electron chi connectivity index (χ3n) is 4.33. The van der Waals surface area contributed by atoms with Gasteiger partial charge in [0.15, 0.2) is 5.82 Å². The Morgan fingerprint density at radius 1 is 1.23 bits per heavy atom. The molecule has 0 spiro atoms. The molecule has 164 valence electrons. The maximum Gasteiger partial charge on any atom is 0.446 e. The van der Waals surface area contributed by atoms with E-state index in [1.807, 2.05) is 6.92 Å². The molecule has 0 unspecified atom stereocenters. The van der Waals surface area contributed by atoms with Crippen molar-refractivity contribution in [1.82, 2.24) is 15.0 Å². The van der Waals surface area contributed by atoms with Crippen LogP contribution in [0.3, 0.4) is 0 Å². The van der Waals surface area contributed by atoms with Crippen LogP contribution in [0, 0.1) is 11.7 Å². The van der Waals surface area contributed by atoms with Crippen LogP contribution in [0.15, 0.2) is 50.2 Å². The highest BCUT2D eigenvalue weighted by Crippen LogP contribution is 2.30. The summed E-state index contributed by atoms with van der Waals surface area (Å²) in [5, 5.41) is 12.7. The van der Waals surface area contributed by atoms with Gasteiger partial charge in [0.2, 0.25) is 0 Å². The van der Waals surface area contributed by atoms with Crippen molar-refractivity contribution in [2.45, 2.75) is 20.8 Å². The molecule has 2 amide bonds. The molecule has 3 rings (SSSR count). The lowest BCUT2D eigenvalue weighted by molar-refractivity contribution is 0.252. The Hall–Kier alpha value is -3.14. The van der Waals surface area contributed by atoms with Gasteiger partial charge in [-0.1, -0.05) is 19.0 Å². The molecular formula is C21H23BrFN5O3. The lowest BCUT2D eigenvalue weighted by atomic mass is 10.1. The molecule has 10 heteroatoms. The van der Waals surface area contributed by atoms with Crippen LogP contribution in [0.5, 0.6) is 0 Å². The highest BCUT2D eigenvalue weighted by Gasteiger charge is 2.18. The second-order valence-corrected chi connectivity index (χ2v) is 8.08. The number of benzene rings is 2. The largest absolute Gasteiger partial charge is 0.446 e. The summed E-state index contributed by atoms with van der Waals surface area (Å²) < 4.78 is 20.0. The van der Waals surface area contributed by atoms with E-state index in [1.165, 1.54) is 22.8 Å². The number of hydrogen-bond donors (Lipinski definition) is 3. The fourth-order valence-corrected chi connectivity index (χ4v) is 3.23. The number of nitrogens with one attached hydrogen (secondary N) is 3. The highest BCUT2D eigenvalue weighted by atomic mass is 79.9. The number of carbonyl (C=O) groups excluding carboxylic acids is 1. The van der Waals surface area contributed by atoms with Gasteiger partial charge in [0.05, 0.1) is 21.5 Å². The number of urea groups is 1. The first-order valence-corrected chi connectivity index (χ1v) is 10.6. The van der Waals surface area contributed by atoms with Crippen molar-refractivity contribution < 1.29 is 13.7 Å². The summed E-state index contributed by atoms with van der Waals surface area (Å²) in [4.78, 5) is 24.5. The molecule has 1 heterocycles. The number of carbonyl (C=O) groups is 1. The van der Waals surface area contributed by atoms with Gasteiger partial charge in [0.1, 0.15) is 5.82 Å². The minimum atomic E-state index is -0.714. The molecule has 8 nitrogen and oxygen atoms in total. The van der Waals surface area contributed by atoms with E-state index in [2.05, 4.69) is 50.9 Å². The van der Waals surface area contributed by atoms with Gasteiger partial charge >= 0.3 is 11.8 Å². The fraction of sp³-hybridized carbons (Fsp3) is 0.286. The number of aromatic nitrogens is 2. The summed E-state index contributed by atoms with van der Waals surface area (Å²) in [5.41, 5.74) is 2.17. The molecule has 31 heavy (non-hydrogen) atoms. The molecule has 0 aliphatic heterocycles. The Morgan fingerprint density at radius 2 is 2.00 bits per heavy atom. The summed E-state index contributed by atoms with van der Waals surface area (Å²) in [6.45, 7) is 7.16. The smallest absolute Gasteiger partial charge is 0.383 e. The van der Waals surface area contributed by atoms with E-state index in [4.69, 9.17) is 4.52 Å². The number of halogens is 2. The maximum atomic E-state index is 13.6. The molecule has 2 aromatic carbocycles. The Kier molecular flexibility index (Phi) is 7.11. The van der Waals surface area contributed by atoms with Gasteiger partial charge < -0.3 is 16.0 Å². The normalized spacial score (nSPS) is 10.9. The standard InChI is InChI=1S/C21H23BrFN5O3/c1-4-24-20(29)26-18-9-13(5-8-17(18)25-11-12(2)3)19-27-31-21(30)28(19)14-6-7-16(23)15(22)10-14/h5-10,12,25H,4,11H2,1-3H3,(H2,24,26,29).